The number of hydrogen-bond acceptors (Lipinski definition) is 11. The maximum Gasteiger partial charge on any atom is 0.338 e. The molecule has 52 heavy (non-hydrogen) atoms. The minimum atomic E-state index is -0.988. The molecule has 3 aromatic rings. The Morgan fingerprint density at radius 3 is 2.02 bits per heavy atom. The monoisotopic (exact) mass is 764 g/mol. The van der Waals surface area contributed by atoms with E-state index in [-0.39, 0.29) is 29.0 Å². The van der Waals surface area contributed by atoms with Crippen LogP contribution in [0.3, 0.4) is 0 Å². The van der Waals surface area contributed by atoms with Gasteiger partial charge in [-0.2, -0.15) is 0 Å². The molecule has 13 heteroatoms. The van der Waals surface area contributed by atoms with Gasteiger partial charge >= 0.3 is 23.9 Å². The van der Waals surface area contributed by atoms with E-state index in [1.807, 2.05) is 12.1 Å². The SMILES string of the molecule is C=C(C)C(=O)Oc1cc(C)c(C(=O)O)c(C)c1.C=C(C)C(=O)Oc1ccc2c(c1)C(=O)CCS2.C=CC(=O)OCC1CC(=O)c2cc(Cl)ccc2S1. The highest BCUT2D eigenvalue weighted by Crippen LogP contribution is 2.37. The molecule has 1 atom stereocenters. The predicted octanol–water partition coefficient (Wildman–Crippen LogP) is 8.45. The van der Waals surface area contributed by atoms with Crippen LogP contribution in [0.25, 0.3) is 0 Å². The Bertz CT molecular complexity index is 1940. The molecule has 5 rings (SSSR count). The van der Waals surface area contributed by atoms with Gasteiger partial charge in [0.25, 0.3) is 0 Å². The number of ether oxygens (including phenoxy) is 3. The summed E-state index contributed by atoms with van der Waals surface area (Å²) < 4.78 is 15.1. The number of halogens is 1. The predicted molar refractivity (Wildman–Crippen MR) is 201 cm³/mol. The number of aromatic carboxylic acids is 1. The topological polar surface area (TPSA) is 150 Å². The van der Waals surface area contributed by atoms with Crippen LogP contribution in [-0.2, 0) is 19.1 Å². The molecular weight excluding hydrogens is 728 g/mol. The van der Waals surface area contributed by atoms with Crippen molar-refractivity contribution >= 4 is 70.6 Å². The van der Waals surface area contributed by atoms with Crippen molar-refractivity contribution in [2.24, 2.45) is 0 Å². The summed E-state index contributed by atoms with van der Waals surface area (Å²) in [6.07, 6.45) is 2.00. The number of fused-ring (bicyclic) bond motifs is 2. The molecule has 0 aromatic heterocycles. The zero-order valence-corrected chi connectivity index (χ0v) is 31.4. The van der Waals surface area contributed by atoms with Gasteiger partial charge in [-0.05, 0) is 87.4 Å². The quantitative estimate of drug-likeness (QED) is 0.133. The fraction of sp³-hybridized carbons (Fsp3) is 0.231. The second kappa shape index (κ2) is 19.1. The van der Waals surface area contributed by atoms with Gasteiger partial charge in [0.15, 0.2) is 11.6 Å². The van der Waals surface area contributed by atoms with E-state index < -0.39 is 23.9 Å². The number of carbonyl (C=O) groups excluding carboxylic acids is 5. The van der Waals surface area contributed by atoms with Gasteiger partial charge in [-0.25, -0.2) is 19.2 Å². The number of carbonyl (C=O) groups is 6. The van der Waals surface area contributed by atoms with Gasteiger partial charge in [0.05, 0.1) is 10.8 Å². The van der Waals surface area contributed by atoms with E-state index in [1.165, 1.54) is 23.9 Å². The summed E-state index contributed by atoms with van der Waals surface area (Å²) in [5.74, 6) is -0.768. The zero-order chi connectivity index (χ0) is 38.7. The lowest BCUT2D eigenvalue weighted by molar-refractivity contribution is -0.137. The number of carboxylic acid groups (broad SMARTS) is 1. The maximum absolute atomic E-state index is 11.9. The van der Waals surface area contributed by atoms with Gasteiger partial charge < -0.3 is 19.3 Å². The highest BCUT2D eigenvalue weighted by molar-refractivity contribution is 8.00. The lowest BCUT2D eigenvalue weighted by Crippen LogP contribution is -2.23. The van der Waals surface area contributed by atoms with E-state index >= 15 is 0 Å². The van der Waals surface area contributed by atoms with Crippen LogP contribution in [-0.4, -0.2) is 58.2 Å². The third-order valence-electron chi connectivity index (χ3n) is 7.20. The van der Waals surface area contributed by atoms with Crippen molar-refractivity contribution in [1.29, 1.82) is 0 Å². The molecule has 10 nitrogen and oxygen atoms in total. The van der Waals surface area contributed by atoms with E-state index in [1.54, 1.807) is 63.7 Å². The Hall–Kier alpha value is -4.91. The number of thioether (sulfide) groups is 2. The Morgan fingerprint density at radius 1 is 0.865 bits per heavy atom. The van der Waals surface area contributed by atoms with Crippen LogP contribution >= 0.6 is 35.1 Å². The average Bonchev–Trinajstić information content (AvgIpc) is 3.08. The minimum Gasteiger partial charge on any atom is -0.478 e. The fourth-order valence-corrected chi connectivity index (χ4v) is 7.05. The lowest BCUT2D eigenvalue weighted by atomic mass is 10.0. The van der Waals surface area contributed by atoms with Crippen molar-refractivity contribution in [3.63, 3.8) is 0 Å². The molecular formula is C39H37ClO10S2. The van der Waals surface area contributed by atoms with Crippen LogP contribution in [0.1, 0.15) is 68.9 Å². The van der Waals surface area contributed by atoms with E-state index in [0.29, 0.717) is 62.8 Å². The lowest BCUT2D eigenvalue weighted by Gasteiger charge is -2.22. The Morgan fingerprint density at radius 2 is 1.44 bits per heavy atom. The van der Waals surface area contributed by atoms with Crippen molar-refractivity contribution in [2.45, 2.75) is 55.6 Å². The largest absolute Gasteiger partial charge is 0.478 e. The summed E-state index contributed by atoms with van der Waals surface area (Å²) in [4.78, 5) is 70.1. The Kier molecular flexibility index (Phi) is 15.2. The molecule has 2 aliphatic heterocycles. The van der Waals surface area contributed by atoms with E-state index in [0.717, 1.165) is 21.6 Å². The number of ketones is 2. The molecule has 0 aliphatic carbocycles. The molecule has 0 amide bonds. The molecule has 0 saturated heterocycles. The average molecular weight is 765 g/mol. The van der Waals surface area contributed by atoms with Gasteiger partial charge in [-0.15, -0.1) is 23.5 Å². The molecule has 1 unspecified atom stereocenters. The number of Topliss-reactive ketones (excluding diaryl/α,β-unsaturated/α-hetero) is 2. The van der Waals surface area contributed by atoms with Crippen LogP contribution < -0.4 is 9.47 Å². The Balaban J connectivity index is 0.000000210. The fourth-order valence-electron chi connectivity index (χ4n) is 4.70. The molecule has 0 fully saturated rings. The number of carboxylic acids is 1. The molecule has 272 valence electrons. The van der Waals surface area contributed by atoms with Crippen molar-refractivity contribution in [3.05, 3.63) is 118 Å². The number of benzene rings is 3. The van der Waals surface area contributed by atoms with Gasteiger partial charge in [0.1, 0.15) is 18.1 Å². The Labute approximate surface area is 315 Å². The first-order chi connectivity index (χ1) is 24.5. The first kappa shape index (κ1) is 41.5. The third kappa shape index (κ3) is 11.8. The van der Waals surface area contributed by atoms with Crippen molar-refractivity contribution in [1.82, 2.24) is 0 Å². The normalized spacial score (nSPS) is 14.1. The summed E-state index contributed by atoms with van der Waals surface area (Å²) in [7, 11) is 0. The van der Waals surface area contributed by atoms with Crippen molar-refractivity contribution in [3.8, 4) is 11.5 Å². The van der Waals surface area contributed by atoms with Crippen LogP contribution in [0.4, 0.5) is 0 Å². The molecule has 0 saturated carbocycles. The number of hydrogen-bond donors (Lipinski definition) is 1. The van der Waals surface area contributed by atoms with Crippen LogP contribution in [0.5, 0.6) is 11.5 Å². The maximum atomic E-state index is 11.9. The zero-order valence-electron chi connectivity index (χ0n) is 29.0. The number of aryl methyl sites for hydroxylation is 2. The molecule has 2 heterocycles. The van der Waals surface area contributed by atoms with E-state index in [9.17, 15) is 28.8 Å². The van der Waals surface area contributed by atoms with E-state index in [4.69, 9.17) is 30.9 Å². The van der Waals surface area contributed by atoms with Gasteiger partial charge in [-0.3, -0.25) is 9.59 Å². The van der Waals surface area contributed by atoms with Crippen LogP contribution in [0, 0.1) is 13.8 Å². The van der Waals surface area contributed by atoms with Crippen LogP contribution in [0.15, 0.2) is 95.3 Å². The smallest absolute Gasteiger partial charge is 0.338 e. The summed E-state index contributed by atoms with van der Waals surface area (Å²) >= 11 is 9.04. The van der Waals surface area contributed by atoms with Gasteiger partial charge in [-0.1, -0.05) is 31.3 Å². The second-order valence-corrected chi connectivity index (χ2v) is 14.5. The minimum absolute atomic E-state index is 0.0332. The third-order valence-corrected chi connectivity index (χ3v) is 9.76. The highest BCUT2D eigenvalue weighted by atomic mass is 35.5. The summed E-state index contributed by atoms with van der Waals surface area (Å²) in [5, 5.41) is 9.49. The molecule has 3 aromatic carbocycles. The molecule has 2 aliphatic rings. The molecule has 0 spiro atoms. The summed E-state index contributed by atoms with van der Waals surface area (Å²) in [6, 6.07) is 13.4. The van der Waals surface area contributed by atoms with Crippen LogP contribution in [0.2, 0.25) is 5.02 Å². The second-order valence-electron chi connectivity index (χ2n) is 11.6. The summed E-state index contributed by atoms with van der Waals surface area (Å²) in [6.45, 7) is 17.0. The number of esters is 3. The van der Waals surface area contributed by atoms with Crippen molar-refractivity contribution < 1.29 is 48.1 Å². The summed E-state index contributed by atoms with van der Waals surface area (Å²) in [5.41, 5.74) is 3.28. The molecule has 0 radical (unpaired) electrons. The molecule has 0 bridgehead atoms. The van der Waals surface area contributed by atoms with E-state index in [2.05, 4.69) is 19.7 Å². The highest BCUT2D eigenvalue weighted by Gasteiger charge is 2.27. The van der Waals surface area contributed by atoms with Gasteiger partial charge in [0.2, 0.25) is 0 Å². The molecule has 1 N–H and O–H groups in total. The number of rotatable bonds is 8. The first-order valence-electron chi connectivity index (χ1n) is 15.7. The van der Waals surface area contributed by atoms with Gasteiger partial charge in [0, 0.05) is 61.8 Å². The standard InChI is InChI=1S/C13H11ClO3S.C13H14O4.C13H12O3S/c1-2-13(16)17-7-9-6-11(15)10-5-8(14)3-4-12(10)18-9;1-7(2)13(16)17-10-5-8(3)11(12(14)15)9(4)6-10;1-8(2)13(15)16-9-3-4-12-10(7-9)11(14)5-6-17-12/h2-5,9H,1,6-7H2;5-6H,1H2,2-4H3,(H,14,15);3-4,7H,1,5-6H2,2H3. The van der Waals surface area contributed by atoms with Crippen molar-refractivity contribution in [2.75, 3.05) is 12.4 Å². The first-order valence-corrected chi connectivity index (χ1v) is 17.9.